The fourth-order valence-corrected chi connectivity index (χ4v) is 1.92. The minimum absolute atomic E-state index is 0.553. The Morgan fingerprint density at radius 1 is 1.10 bits per heavy atom. The van der Waals surface area contributed by atoms with Crippen molar-refractivity contribution in [1.29, 1.82) is 0 Å². The van der Waals surface area contributed by atoms with Crippen molar-refractivity contribution in [1.82, 2.24) is 15.0 Å². The Labute approximate surface area is 129 Å². The van der Waals surface area contributed by atoms with Gasteiger partial charge in [0.05, 0.1) is 12.1 Å². The largest absolute Gasteiger partial charge is 0.338 e. The summed E-state index contributed by atoms with van der Waals surface area (Å²) in [7, 11) is 0. The highest BCUT2D eigenvalue weighted by atomic mass is 16.5. The van der Waals surface area contributed by atoms with Gasteiger partial charge in [0.1, 0.15) is 0 Å². The summed E-state index contributed by atoms with van der Waals surface area (Å²) < 4.78 is 5.35. The molecule has 1 aromatic heterocycles. The molecule has 0 saturated heterocycles. The Bertz CT molecular complexity index is 395. The number of rotatable bonds is 9. The van der Waals surface area contributed by atoms with E-state index < -0.39 is 5.54 Å². The van der Waals surface area contributed by atoms with Gasteiger partial charge in [-0.15, -0.1) is 0 Å². The lowest BCUT2D eigenvalue weighted by Gasteiger charge is -2.22. The summed E-state index contributed by atoms with van der Waals surface area (Å²) in [5.41, 5.74) is 5.45. The number of aromatic nitrogens is 2. The van der Waals surface area contributed by atoms with Crippen molar-refractivity contribution < 1.29 is 4.52 Å². The van der Waals surface area contributed by atoms with Crippen LogP contribution in [-0.2, 0) is 12.1 Å². The summed E-state index contributed by atoms with van der Waals surface area (Å²) >= 11 is 0. The number of nitrogens with zero attached hydrogens (tertiary/aromatic N) is 3. The molecule has 5 nitrogen and oxygen atoms in total. The van der Waals surface area contributed by atoms with Gasteiger partial charge >= 0.3 is 0 Å². The molecule has 0 saturated carbocycles. The van der Waals surface area contributed by atoms with Gasteiger partial charge in [-0.1, -0.05) is 32.9 Å². The fourth-order valence-electron chi connectivity index (χ4n) is 1.92. The smallest absolute Gasteiger partial charge is 0.240 e. The number of nitrogens with two attached hydrogens (primary N) is 1. The maximum Gasteiger partial charge on any atom is 0.240 e. The Kier molecular flexibility index (Phi) is 6.81. The molecule has 0 radical (unpaired) electrons. The topological polar surface area (TPSA) is 68.2 Å². The van der Waals surface area contributed by atoms with Gasteiger partial charge in [0.15, 0.2) is 5.82 Å². The van der Waals surface area contributed by atoms with Crippen LogP contribution in [0.5, 0.6) is 0 Å². The van der Waals surface area contributed by atoms with Crippen LogP contribution in [0.25, 0.3) is 0 Å². The molecule has 1 rings (SSSR count). The molecule has 0 atom stereocenters. The van der Waals surface area contributed by atoms with Crippen molar-refractivity contribution in [2.24, 2.45) is 17.6 Å². The first-order valence-corrected chi connectivity index (χ1v) is 8.02. The van der Waals surface area contributed by atoms with Gasteiger partial charge in [0.25, 0.3) is 0 Å². The second-order valence-electron chi connectivity index (χ2n) is 7.37. The van der Waals surface area contributed by atoms with Crippen molar-refractivity contribution in [2.45, 2.75) is 66.5 Å². The molecule has 0 bridgehead atoms. The molecule has 1 aromatic rings. The second kappa shape index (κ2) is 7.90. The van der Waals surface area contributed by atoms with Crippen LogP contribution >= 0.6 is 0 Å². The first-order valence-electron chi connectivity index (χ1n) is 8.02. The van der Waals surface area contributed by atoms with Gasteiger partial charge in [-0.25, -0.2) is 0 Å². The van der Waals surface area contributed by atoms with Crippen LogP contribution in [0.4, 0.5) is 0 Å². The van der Waals surface area contributed by atoms with Crippen LogP contribution in [0.3, 0.4) is 0 Å². The molecule has 0 aliphatic rings. The van der Waals surface area contributed by atoms with Crippen LogP contribution in [0, 0.1) is 11.8 Å². The summed E-state index contributed by atoms with van der Waals surface area (Å²) in [4.78, 5) is 6.83. The molecule has 0 aliphatic heterocycles. The van der Waals surface area contributed by atoms with E-state index in [0.29, 0.717) is 30.1 Å². The predicted molar refractivity (Wildman–Crippen MR) is 85.7 cm³/mol. The monoisotopic (exact) mass is 296 g/mol. The molecule has 0 unspecified atom stereocenters. The molecule has 5 heteroatoms. The Hall–Kier alpha value is -0.940. The molecule has 122 valence electrons. The quantitative estimate of drug-likeness (QED) is 0.758. The zero-order valence-corrected chi connectivity index (χ0v) is 14.5. The van der Waals surface area contributed by atoms with E-state index >= 15 is 0 Å². The van der Waals surface area contributed by atoms with Crippen molar-refractivity contribution in [2.75, 3.05) is 13.1 Å². The van der Waals surface area contributed by atoms with E-state index in [4.69, 9.17) is 10.3 Å². The minimum Gasteiger partial charge on any atom is -0.338 e. The normalized spacial score (nSPS) is 12.9. The summed E-state index contributed by atoms with van der Waals surface area (Å²) in [6.07, 6.45) is 2.36. The average Bonchev–Trinajstić information content (AvgIpc) is 2.80. The summed E-state index contributed by atoms with van der Waals surface area (Å²) in [5, 5.41) is 3.99. The first-order chi connectivity index (χ1) is 9.68. The molecule has 2 N–H and O–H groups in total. The zero-order valence-electron chi connectivity index (χ0n) is 14.5. The Morgan fingerprint density at radius 2 is 1.62 bits per heavy atom. The van der Waals surface area contributed by atoms with E-state index in [9.17, 15) is 0 Å². The number of hydrogen-bond donors (Lipinski definition) is 1. The van der Waals surface area contributed by atoms with Gasteiger partial charge in [-0.05, 0) is 51.6 Å². The second-order valence-corrected chi connectivity index (χ2v) is 7.37. The molecule has 0 fully saturated rings. The Morgan fingerprint density at radius 3 is 2.00 bits per heavy atom. The van der Waals surface area contributed by atoms with E-state index in [0.717, 1.165) is 13.1 Å². The minimum atomic E-state index is -0.553. The highest BCUT2D eigenvalue weighted by molar-refractivity contribution is 4.99. The lowest BCUT2D eigenvalue weighted by molar-refractivity contribution is 0.205. The molecule has 0 amide bonds. The van der Waals surface area contributed by atoms with Gasteiger partial charge in [0, 0.05) is 0 Å². The fraction of sp³-hybridized carbons (Fsp3) is 0.875. The number of hydrogen-bond acceptors (Lipinski definition) is 5. The van der Waals surface area contributed by atoms with Gasteiger partial charge in [0.2, 0.25) is 5.89 Å². The maximum atomic E-state index is 6.00. The van der Waals surface area contributed by atoms with Crippen LogP contribution in [0.2, 0.25) is 0 Å². The third-order valence-corrected chi connectivity index (χ3v) is 3.45. The molecular formula is C16H32N4O. The van der Waals surface area contributed by atoms with Gasteiger partial charge in [-0.3, -0.25) is 4.90 Å². The van der Waals surface area contributed by atoms with Crippen LogP contribution in [-0.4, -0.2) is 28.1 Å². The zero-order chi connectivity index (χ0) is 16.0. The third kappa shape index (κ3) is 7.05. The summed E-state index contributed by atoms with van der Waals surface area (Å²) in [5.74, 6) is 2.64. The average molecular weight is 296 g/mol. The van der Waals surface area contributed by atoms with Crippen molar-refractivity contribution in [3.8, 4) is 0 Å². The van der Waals surface area contributed by atoms with Crippen molar-refractivity contribution in [3.63, 3.8) is 0 Å². The van der Waals surface area contributed by atoms with Gasteiger partial charge in [-0.2, -0.15) is 4.98 Å². The van der Waals surface area contributed by atoms with Crippen molar-refractivity contribution >= 4 is 0 Å². The SMILES string of the molecule is CC(C)CCN(CCC(C)C)Cc1nc(C(C)(C)N)no1. The highest BCUT2D eigenvalue weighted by Crippen LogP contribution is 2.15. The van der Waals surface area contributed by atoms with Gasteiger partial charge < -0.3 is 10.3 Å². The van der Waals surface area contributed by atoms with Crippen LogP contribution < -0.4 is 5.73 Å². The molecule has 21 heavy (non-hydrogen) atoms. The summed E-state index contributed by atoms with van der Waals surface area (Å²) in [6.45, 7) is 15.6. The molecule has 1 heterocycles. The van der Waals surface area contributed by atoms with Crippen LogP contribution in [0.1, 0.15) is 66.1 Å². The summed E-state index contributed by atoms with van der Waals surface area (Å²) in [6, 6.07) is 0. The molecule has 0 aromatic carbocycles. The first kappa shape index (κ1) is 18.1. The molecular weight excluding hydrogens is 264 g/mol. The van der Waals surface area contributed by atoms with Crippen molar-refractivity contribution in [3.05, 3.63) is 11.7 Å². The lowest BCUT2D eigenvalue weighted by Crippen LogP contribution is -2.30. The Balaban J connectivity index is 2.63. The third-order valence-electron chi connectivity index (χ3n) is 3.45. The van der Waals surface area contributed by atoms with E-state index in [1.54, 1.807) is 0 Å². The van der Waals surface area contributed by atoms with E-state index in [1.807, 2.05) is 13.8 Å². The molecule has 0 spiro atoms. The van der Waals surface area contributed by atoms with Crippen LogP contribution in [0.15, 0.2) is 4.52 Å². The van der Waals surface area contributed by atoms with E-state index in [-0.39, 0.29) is 0 Å². The van der Waals surface area contributed by atoms with E-state index in [2.05, 4.69) is 42.7 Å². The maximum absolute atomic E-state index is 6.00. The highest BCUT2D eigenvalue weighted by Gasteiger charge is 2.22. The predicted octanol–water partition coefficient (Wildman–Crippen LogP) is 3.16. The van der Waals surface area contributed by atoms with E-state index in [1.165, 1.54) is 12.8 Å². The standard InChI is InChI=1S/C16H32N4O/c1-12(2)7-9-20(10-8-13(3)4)11-14-18-15(19-21-14)16(5,6)17/h12-13H,7-11,17H2,1-6H3. The lowest BCUT2D eigenvalue weighted by atomic mass is 10.1. The molecule has 0 aliphatic carbocycles.